The number of carbonyl (C=O) groups is 1. The van der Waals surface area contributed by atoms with Gasteiger partial charge in [-0.05, 0) is 29.8 Å². The van der Waals surface area contributed by atoms with Crippen LogP contribution in [0, 0.1) is 0 Å². The number of anilines is 4. The molecule has 0 bridgehead atoms. The molecule has 0 fully saturated rings. The maximum Gasteiger partial charge on any atom is 0.228 e. The molecule has 1 heterocycles. The Kier molecular flexibility index (Phi) is 3.20. The zero-order chi connectivity index (χ0) is 14.3. The molecule has 1 aliphatic heterocycles. The van der Waals surface area contributed by atoms with Crippen LogP contribution in [0.2, 0.25) is 10.0 Å². The average Bonchev–Trinajstić information content (AvgIpc) is 2.73. The van der Waals surface area contributed by atoms with E-state index in [1.807, 2.05) is 0 Å². The summed E-state index contributed by atoms with van der Waals surface area (Å²) in [5.74, 6) is -0.0349. The fraction of sp³-hybridized carbons (Fsp3) is 0.0714. The van der Waals surface area contributed by atoms with Gasteiger partial charge in [0.25, 0.3) is 0 Å². The number of nitrogen functional groups attached to an aromatic ring is 1. The van der Waals surface area contributed by atoms with Crippen molar-refractivity contribution in [2.24, 2.45) is 0 Å². The number of nitrogens with two attached hydrogens (primary N) is 1. The van der Waals surface area contributed by atoms with Crippen LogP contribution < -0.4 is 16.4 Å². The van der Waals surface area contributed by atoms with E-state index in [2.05, 4.69) is 10.6 Å². The van der Waals surface area contributed by atoms with E-state index in [0.717, 1.165) is 11.3 Å². The molecular weight excluding hydrogens is 297 g/mol. The van der Waals surface area contributed by atoms with E-state index in [1.54, 1.807) is 30.3 Å². The molecule has 20 heavy (non-hydrogen) atoms. The molecule has 3 rings (SSSR count). The van der Waals surface area contributed by atoms with Crippen molar-refractivity contribution in [3.8, 4) is 0 Å². The van der Waals surface area contributed by atoms with Crippen molar-refractivity contribution in [3.63, 3.8) is 0 Å². The molecule has 102 valence electrons. The SMILES string of the molecule is Nc1cc2c(cc1Nc1c(Cl)cccc1Cl)NC(=O)C2. The minimum absolute atomic E-state index is 0.0349. The number of hydrogen-bond donors (Lipinski definition) is 3. The number of amides is 1. The Labute approximate surface area is 125 Å². The summed E-state index contributed by atoms with van der Waals surface area (Å²) in [6, 6.07) is 8.81. The summed E-state index contributed by atoms with van der Waals surface area (Å²) < 4.78 is 0. The number of carbonyl (C=O) groups excluding carboxylic acids is 1. The van der Waals surface area contributed by atoms with Gasteiger partial charge in [0.1, 0.15) is 0 Å². The molecule has 0 aromatic heterocycles. The number of hydrogen-bond acceptors (Lipinski definition) is 3. The highest BCUT2D eigenvalue weighted by molar-refractivity contribution is 6.39. The molecule has 1 aliphatic rings. The molecule has 0 saturated heterocycles. The van der Waals surface area contributed by atoms with Crippen LogP contribution in [0.15, 0.2) is 30.3 Å². The van der Waals surface area contributed by atoms with Gasteiger partial charge in [0.05, 0.1) is 33.5 Å². The van der Waals surface area contributed by atoms with Crippen LogP contribution in [0.25, 0.3) is 0 Å². The Morgan fingerprint density at radius 2 is 1.90 bits per heavy atom. The Bertz CT molecular complexity index is 696. The minimum atomic E-state index is -0.0349. The number of nitrogens with one attached hydrogen (secondary N) is 2. The molecule has 0 saturated carbocycles. The smallest absolute Gasteiger partial charge is 0.228 e. The lowest BCUT2D eigenvalue weighted by Crippen LogP contribution is -2.03. The zero-order valence-electron chi connectivity index (χ0n) is 10.3. The van der Waals surface area contributed by atoms with E-state index in [4.69, 9.17) is 28.9 Å². The van der Waals surface area contributed by atoms with Gasteiger partial charge < -0.3 is 16.4 Å². The lowest BCUT2D eigenvalue weighted by Gasteiger charge is -2.14. The Hall–Kier alpha value is -1.91. The van der Waals surface area contributed by atoms with E-state index in [1.165, 1.54) is 0 Å². The molecule has 0 atom stereocenters. The molecule has 4 N–H and O–H groups in total. The lowest BCUT2D eigenvalue weighted by atomic mass is 10.1. The summed E-state index contributed by atoms with van der Waals surface area (Å²) in [7, 11) is 0. The predicted molar refractivity (Wildman–Crippen MR) is 82.9 cm³/mol. The molecule has 0 radical (unpaired) electrons. The Morgan fingerprint density at radius 1 is 1.20 bits per heavy atom. The van der Waals surface area contributed by atoms with Crippen molar-refractivity contribution < 1.29 is 4.79 Å². The first-order chi connectivity index (χ1) is 9.54. The van der Waals surface area contributed by atoms with Crippen molar-refractivity contribution >= 4 is 51.9 Å². The zero-order valence-corrected chi connectivity index (χ0v) is 11.8. The summed E-state index contributed by atoms with van der Waals surface area (Å²) in [4.78, 5) is 11.4. The molecule has 2 aromatic rings. The van der Waals surface area contributed by atoms with Crippen molar-refractivity contribution in [1.82, 2.24) is 0 Å². The van der Waals surface area contributed by atoms with Crippen LogP contribution in [0.4, 0.5) is 22.7 Å². The van der Waals surface area contributed by atoms with Gasteiger partial charge in [-0.25, -0.2) is 0 Å². The number of para-hydroxylation sites is 1. The van der Waals surface area contributed by atoms with Crippen LogP contribution in [-0.2, 0) is 11.2 Å². The molecule has 2 aromatic carbocycles. The molecular formula is C14H11Cl2N3O. The quantitative estimate of drug-likeness (QED) is 0.739. The molecule has 4 nitrogen and oxygen atoms in total. The summed E-state index contributed by atoms with van der Waals surface area (Å²) in [5.41, 5.74) is 9.43. The number of fused-ring (bicyclic) bond motifs is 1. The fourth-order valence-electron chi connectivity index (χ4n) is 2.15. The summed E-state index contributed by atoms with van der Waals surface area (Å²) in [6.45, 7) is 0. The second-order valence-corrected chi connectivity index (χ2v) is 5.36. The van der Waals surface area contributed by atoms with Crippen molar-refractivity contribution in [1.29, 1.82) is 0 Å². The van der Waals surface area contributed by atoms with Gasteiger partial charge in [-0.3, -0.25) is 4.79 Å². The largest absolute Gasteiger partial charge is 0.397 e. The Morgan fingerprint density at radius 3 is 2.60 bits per heavy atom. The molecule has 0 spiro atoms. The average molecular weight is 308 g/mol. The van der Waals surface area contributed by atoms with Gasteiger partial charge in [0.15, 0.2) is 0 Å². The minimum Gasteiger partial charge on any atom is -0.397 e. The van der Waals surface area contributed by atoms with E-state index in [9.17, 15) is 4.79 Å². The first kappa shape index (κ1) is 13.1. The van der Waals surface area contributed by atoms with Gasteiger partial charge in [-0.2, -0.15) is 0 Å². The Balaban J connectivity index is 2.00. The topological polar surface area (TPSA) is 67.2 Å². The van der Waals surface area contributed by atoms with E-state index in [-0.39, 0.29) is 5.91 Å². The maximum absolute atomic E-state index is 11.4. The third-order valence-electron chi connectivity index (χ3n) is 3.12. The van der Waals surface area contributed by atoms with Gasteiger partial charge in [0, 0.05) is 5.69 Å². The third kappa shape index (κ3) is 2.28. The first-order valence-corrected chi connectivity index (χ1v) is 6.73. The standard InChI is InChI=1S/C14H11Cl2N3O/c15-8-2-1-3-9(16)14(8)19-12-6-11-7(4-10(12)17)5-13(20)18-11/h1-4,6,19H,5,17H2,(H,18,20). The van der Waals surface area contributed by atoms with Crippen molar-refractivity contribution in [2.45, 2.75) is 6.42 Å². The van der Waals surface area contributed by atoms with Crippen molar-refractivity contribution in [3.05, 3.63) is 45.9 Å². The summed E-state index contributed by atoms with van der Waals surface area (Å²) >= 11 is 12.2. The van der Waals surface area contributed by atoms with Crippen LogP contribution in [0.5, 0.6) is 0 Å². The summed E-state index contributed by atoms with van der Waals surface area (Å²) in [5, 5.41) is 6.90. The number of benzene rings is 2. The molecule has 1 amide bonds. The number of halogens is 2. The summed E-state index contributed by atoms with van der Waals surface area (Å²) in [6.07, 6.45) is 0.354. The normalized spacial score (nSPS) is 13.0. The highest BCUT2D eigenvalue weighted by Gasteiger charge is 2.19. The maximum atomic E-state index is 11.4. The highest BCUT2D eigenvalue weighted by Crippen LogP contribution is 2.37. The third-order valence-corrected chi connectivity index (χ3v) is 3.75. The van der Waals surface area contributed by atoms with Crippen molar-refractivity contribution in [2.75, 3.05) is 16.4 Å². The molecule has 0 aliphatic carbocycles. The first-order valence-electron chi connectivity index (χ1n) is 5.98. The second kappa shape index (κ2) is 4.89. The van der Waals surface area contributed by atoms with E-state index >= 15 is 0 Å². The van der Waals surface area contributed by atoms with E-state index in [0.29, 0.717) is 33.5 Å². The van der Waals surface area contributed by atoms with Gasteiger partial charge >= 0.3 is 0 Å². The van der Waals surface area contributed by atoms with Gasteiger partial charge in [-0.1, -0.05) is 29.3 Å². The van der Waals surface area contributed by atoms with Gasteiger partial charge in [-0.15, -0.1) is 0 Å². The molecule has 6 heteroatoms. The number of rotatable bonds is 2. The monoisotopic (exact) mass is 307 g/mol. The van der Waals surface area contributed by atoms with Crippen LogP contribution >= 0.6 is 23.2 Å². The van der Waals surface area contributed by atoms with Crippen LogP contribution in [-0.4, -0.2) is 5.91 Å². The highest BCUT2D eigenvalue weighted by atomic mass is 35.5. The fourth-order valence-corrected chi connectivity index (χ4v) is 2.65. The van der Waals surface area contributed by atoms with E-state index < -0.39 is 0 Å². The lowest BCUT2D eigenvalue weighted by molar-refractivity contribution is -0.115. The van der Waals surface area contributed by atoms with Crippen LogP contribution in [0.3, 0.4) is 0 Å². The van der Waals surface area contributed by atoms with Crippen LogP contribution in [0.1, 0.15) is 5.56 Å². The second-order valence-electron chi connectivity index (χ2n) is 4.54. The predicted octanol–water partition coefficient (Wildman–Crippen LogP) is 3.81. The van der Waals surface area contributed by atoms with Gasteiger partial charge in [0.2, 0.25) is 5.91 Å². The molecule has 0 unspecified atom stereocenters.